The van der Waals surface area contributed by atoms with Crippen molar-refractivity contribution in [2.45, 2.75) is 0 Å². The van der Waals surface area contributed by atoms with Crippen molar-refractivity contribution >= 4 is 28.9 Å². The molecule has 1 aromatic heterocycles. The van der Waals surface area contributed by atoms with Crippen molar-refractivity contribution in [1.82, 2.24) is 4.98 Å². The van der Waals surface area contributed by atoms with Gasteiger partial charge in [-0.05, 0) is 30.3 Å². The molecule has 3 rings (SSSR count). The molecule has 0 radical (unpaired) electrons. The third-order valence-electron chi connectivity index (χ3n) is 3.79. The lowest BCUT2D eigenvalue weighted by molar-refractivity contribution is 0.0602. The standard InChI is InChI=1S/C20H15F2N3O3/c1-28-20(27)15-4-2-3-5-17(15)25-19(26)12-8-14(11-23-10-12)24-18-7-6-13(21)9-16(18)22/h2-11,24H,1H3,(H,25,26). The second-order valence-corrected chi connectivity index (χ2v) is 5.70. The van der Waals surface area contributed by atoms with E-state index in [0.717, 1.165) is 12.1 Å². The molecule has 0 bridgehead atoms. The minimum atomic E-state index is -0.776. The molecule has 0 aliphatic heterocycles. The predicted molar refractivity (Wildman–Crippen MR) is 99.6 cm³/mol. The lowest BCUT2D eigenvalue weighted by Crippen LogP contribution is -2.15. The zero-order chi connectivity index (χ0) is 20.1. The predicted octanol–water partition coefficient (Wildman–Crippen LogP) is 4.14. The van der Waals surface area contributed by atoms with E-state index < -0.39 is 23.5 Å². The number of hydrogen-bond acceptors (Lipinski definition) is 5. The van der Waals surface area contributed by atoms with Gasteiger partial charge in [0.05, 0.1) is 41.5 Å². The van der Waals surface area contributed by atoms with Crippen molar-refractivity contribution in [1.29, 1.82) is 0 Å². The number of esters is 1. The topological polar surface area (TPSA) is 80.3 Å². The molecule has 6 nitrogen and oxygen atoms in total. The molecule has 28 heavy (non-hydrogen) atoms. The van der Waals surface area contributed by atoms with Crippen LogP contribution in [0.1, 0.15) is 20.7 Å². The van der Waals surface area contributed by atoms with E-state index in [1.54, 1.807) is 18.2 Å². The number of nitrogens with one attached hydrogen (secondary N) is 2. The van der Waals surface area contributed by atoms with E-state index in [4.69, 9.17) is 4.74 Å². The number of benzene rings is 2. The van der Waals surface area contributed by atoms with Gasteiger partial charge in [-0.15, -0.1) is 0 Å². The van der Waals surface area contributed by atoms with E-state index in [9.17, 15) is 18.4 Å². The molecule has 0 saturated heterocycles. The van der Waals surface area contributed by atoms with Crippen LogP contribution in [0.5, 0.6) is 0 Å². The fraction of sp³-hybridized carbons (Fsp3) is 0.0500. The number of anilines is 3. The molecule has 3 aromatic rings. The number of methoxy groups -OCH3 is 1. The first-order chi connectivity index (χ1) is 13.5. The molecule has 0 aliphatic carbocycles. The Labute approximate surface area is 159 Å². The van der Waals surface area contributed by atoms with Crippen LogP contribution in [0.2, 0.25) is 0 Å². The molecule has 142 valence electrons. The van der Waals surface area contributed by atoms with Crippen LogP contribution in [0.3, 0.4) is 0 Å². The van der Waals surface area contributed by atoms with Crippen molar-refractivity contribution in [3.63, 3.8) is 0 Å². The van der Waals surface area contributed by atoms with Gasteiger partial charge in [-0.3, -0.25) is 9.78 Å². The summed E-state index contributed by atoms with van der Waals surface area (Å²) in [4.78, 5) is 28.3. The third-order valence-corrected chi connectivity index (χ3v) is 3.79. The van der Waals surface area contributed by atoms with Gasteiger partial charge >= 0.3 is 5.97 Å². The largest absolute Gasteiger partial charge is 0.465 e. The summed E-state index contributed by atoms with van der Waals surface area (Å²) < 4.78 is 31.5. The Balaban J connectivity index is 1.81. The van der Waals surface area contributed by atoms with Crippen LogP contribution in [0, 0.1) is 11.6 Å². The Hall–Kier alpha value is -3.81. The quantitative estimate of drug-likeness (QED) is 0.647. The fourth-order valence-electron chi connectivity index (χ4n) is 2.45. The number of aromatic nitrogens is 1. The Morgan fingerprint density at radius 1 is 1.00 bits per heavy atom. The van der Waals surface area contributed by atoms with E-state index >= 15 is 0 Å². The first-order valence-electron chi connectivity index (χ1n) is 8.14. The molecule has 0 spiro atoms. The van der Waals surface area contributed by atoms with Crippen molar-refractivity contribution in [2.75, 3.05) is 17.7 Å². The summed E-state index contributed by atoms with van der Waals surface area (Å²) in [5, 5.41) is 5.36. The van der Waals surface area contributed by atoms with Gasteiger partial charge in [-0.25, -0.2) is 13.6 Å². The first kappa shape index (κ1) is 19.0. The maximum Gasteiger partial charge on any atom is 0.339 e. The molecule has 0 unspecified atom stereocenters. The van der Waals surface area contributed by atoms with Gasteiger partial charge in [0.2, 0.25) is 0 Å². The Bertz CT molecular complexity index is 1040. The molecule has 2 N–H and O–H groups in total. The van der Waals surface area contributed by atoms with Gasteiger partial charge < -0.3 is 15.4 Å². The first-order valence-corrected chi connectivity index (χ1v) is 8.14. The number of carbonyl (C=O) groups excluding carboxylic acids is 2. The molecule has 1 heterocycles. The number of ether oxygens (including phenoxy) is 1. The van der Waals surface area contributed by atoms with E-state index in [1.165, 1.54) is 37.7 Å². The molecule has 0 aliphatic rings. The van der Waals surface area contributed by atoms with Crippen molar-refractivity contribution in [3.05, 3.63) is 83.7 Å². The molecule has 1 amide bonds. The van der Waals surface area contributed by atoms with E-state index in [2.05, 4.69) is 15.6 Å². The average Bonchev–Trinajstić information content (AvgIpc) is 2.70. The van der Waals surface area contributed by atoms with Crippen LogP contribution >= 0.6 is 0 Å². The van der Waals surface area contributed by atoms with Gasteiger partial charge in [0.15, 0.2) is 0 Å². The van der Waals surface area contributed by atoms with Gasteiger partial charge in [0.25, 0.3) is 5.91 Å². The molecule has 0 saturated carbocycles. The summed E-state index contributed by atoms with van der Waals surface area (Å²) >= 11 is 0. The molecule has 0 fully saturated rings. The minimum Gasteiger partial charge on any atom is -0.465 e. The highest BCUT2D eigenvalue weighted by molar-refractivity contribution is 6.08. The maximum absolute atomic E-state index is 13.8. The molecular formula is C20H15F2N3O3. The number of hydrogen-bond donors (Lipinski definition) is 2. The Morgan fingerprint density at radius 3 is 2.54 bits per heavy atom. The monoisotopic (exact) mass is 383 g/mol. The summed E-state index contributed by atoms with van der Waals surface area (Å²) in [6, 6.07) is 10.9. The Morgan fingerprint density at radius 2 is 1.79 bits per heavy atom. The molecule has 8 heteroatoms. The third kappa shape index (κ3) is 4.29. The molecule has 0 atom stereocenters. The van der Waals surface area contributed by atoms with Crippen LogP contribution < -0.4 is 10.6 Å². The summed E-state index contributed by atoms with van der Waals surface area (Å²) in [7, 11) is 1.24. The van der Waals surface area contributed by atoms with E-state index in [-0.39, 0.29) is 22.5 Å². The Kier molecular flexibility index (Phi) is 5.59. The number of halogens is 2. The van der Waals surface area contributed by atoms with Crippen molar-refractivity contribution in [3.8, 4) is 0 Å². The number of rotatable bonds is 5. The highest BCUT2D eigenvalue weighted by atomic mass is 19.1. The second-order valence-electron chi connectivity index (χ2n) is 5.70. The molecule has 2 aromatic carbocycles. The van der Waals surface area contributed by atoms with Crippen LogP contribution in [0.25, 0.3) is 0 Å². The van der Waals surface area contributed by atoms with Crippen LogP contribution in [0.4, 0.5) is 25.8 Å². The SMILES string of the molecule is COC(=O)c1ccccc1NC(=O)c1cncc(Nc2ccc(F)cc2F)c1. The number of amides is 1. The summed E-state index contributed by atoms with van der Waals surface area (Å²) in [5.41, 5.74) is 1.03. The zero-order valence-electron chi connectivity index (χ0n) is 14.7. The summed E-state index contributed by atoms with van der Waals surface area (Å²) in [6.45, 7) is 0. The van der Waals surface area contributed by atoms with Crippen LogP contribution in [-0.4, -0.2) is 24.0 Å². The molecular weight excluding hydrogens is 368 g/mol. The van der Waals surface area contributed by atoms with E-state index in [0.29, 0.717) is 5.69 Å². The van der Waals surface area contributed by atoms with Crippen LogP contribution in [0.15, 0.2) is 60.9 Å². The van der Waals surface area contributed by atoms with Gasteiger partial charge in [0.1, 0.15) is 11.6 Å². The van der Waals surface area contributed by atoms with E-state index in [1.807, 2.05) is 0 Å². The van der Waals surface area contributed by atoms with Crippen LogP contribution in [-0.2, 0) is 4.74 Å². The normalized spacial score (nSPS) is 10.2. The summed E-state index contributed by atoms with van der Waals surface area (Å²) in [6.07, 6.45) is 2.71. The average molecular weight is 383 g/mol. The maximum atomic E-state index is 13.8. The second kappa shape index (κ2) is 8.26. The smallest absolute Gasteiger partial charge is 0.339 e. The number of para-hydroxylation sites is 1. The zero-order valence-corrected chi connectivity index (χ0v) is 14.7. The lowest BCUT2D eigenvalue weighted by atomic mass is 10.1. The van der Waals surface area contributed by atoms with Crippen molar-refractivity contribution in [2.24, 2.45) is 0 Å². The fourth-order valence-corrected chi connectivity index (χ4v) is 2.45. The highest BCUT2D eigenvalue weighted by Crippen LogP contribution is 2.22. The number of nitrogens with zero attached hydrogens (tertiary/aromatic N) is 1. The lowest BCUT2D eigenvalue weighted by Gasteiger charge is -2.11. The number of carbonyl (C=O) groups is 2. The van der Waals surface area contributed by atoms with Gasteiger partial charge in [0, 0.05) is 12.3 Å². The number of pyridine rings is 1. The van der Waals surface area contributed by atoms with Gasteiger partial charge in [-0.1, -0.05) is 12.1 Å². The summed E-state index contributed by atoms with van der Waals surface area (Å²) in [5.74, 6) is -2.58. The van der Waals surface area contributed by atoms with Gasteiger partial charge in [-0.2, -0.15) is 0 Å². The van der Waals surface area contributed by atoms with Crippen molar-refractivity contribution < 1.29 is 23.1 Å². The minimum absolute atomic E-state index is 0.0387. The highest BCUT2D eigenvalue weighted by Gasteiger charge is 2.15.